The molecule has 0 aliphatic heterocycles. The molecule has 16 heavy (non-hydrogen) atoms. The molecule has 2 heteroatoms. The van der Waals surface area contributed by atoms with E-state index in [4.69, 9.17) is 11.6 Å². The summed E-state index contributed by atoms with van der Waals surface area (Å²) in [6.07, 6.45) is 5.42. The van der Waals surface area contributed by atoms with E-state index in [9.17, 15) is 4.39 Å². The standard InChI is InChI=1S/C14H16ClF/c1-14(2)5-3-10(4-6-14)11-7-12(15)9-13(16)8-11/h3,7-9H,4-6H2,1-2H3. The Bertz CT molecular complexity index is 412. The summed E-state index contributed by atoms with van der Waals surface area (Å²) < 4.78 is 13.2. The highest BCUT2D eigenvalue weighted by atomic mass is 35.5. The monoisotopic (exact) mass is 238 g/mol. The van der Waals surface area contributed by atoms with Crippen LogP contribution in [0.4, 0.5) is 4.39 Å². The summed E-state index contributed by atoms with van der Waals surface area (Å²) in [5, 5.41) is 0.473. The largest absolute Gasteiger partial charge is 0.207 e. The first-order valence-electron chi connectivity index (χ1n) is 5.62. The molecule has 1 aliphatic carbocycles. The second-order valence-corrected chi connectivity index (χ2v) is 5.69. The van der Waals surface area contributed by atoms with Gasteiger partial charge in [0, 0.05) is 5.02 Å². The molecule has 0 fully saturated rings. The maximum Gasteiger partial charge on any atom is 0.125 e. The summed E-state index contributed by atoms with van der Waals surface area (Å²) >= 11 is 5.86. The lowest BCUT2D eigenvalue weighted by molar-refractivity contribution is 0.335. The summed E-state index contributed by atoms with van der Waals surface area (Å²) in [4.78, 5) is 0. The minimum atomic E-state index is -0.256. The maximum atomic E-state index is 13.2. The molecule has 0 spiro atoms. The predicted octanol–water partition coefficient (Wildman–Crippen LogP) is 5.07. The molecule has 86 valence electrons. The lowest BCUT2D eigenvalue weighted by atomic mass is 9.77. The summed E-state index contributed by atoms with van der Waals surface area (Å²) in [6.45, 7) is 4.53. The fourth-order valence-electron chi connectivity index (χ4n) is 2.08. The van der Waals surface area contributed by atoms with E-state index in [-0.39, 0.29) is 5.82 Å². The third kappa shape index (κ3) is 2.65. The lowest BCUT2D eigenvalue weighted by Gasteiger charge is -2.28. The fraction of sp³-hybridized carbons (Fsp3) is 0.429. The number of halogens is 2. The van der Waals surface area contributed by atoms with Crippen LogP contribution in [0.25, 0.3) is 5.57 Å². The summed E-state index contributed by atoms with van der Waals surface area (Å²) in [6, 6.07) is 4.75. The highest BCUT2D eigenvalue weighted by Gasteiger charge is 2.22. The number of hydrogen-bond donors (Lipinski definition) is 0. The Morgan fingerprint density at radius 2 is 2.00 bits per heavy atom. The highest BCUT2D eigenvalue weighted by Crippen LogP contribution is 2.38. The van der Waals surface area contributed by atoms with E-state index in [0.717, 1.165) is 24.8 Å². The van der Waals surface area contributed by atoms with Crippen LogP contribution in [0.15, 0.2) is 24.3 Å². The van der Waals surface area contributed by atoms with Gasteiger partial charge in [-0.25, -0.2) is 4.39 Å². The van der Waals surface area contributed by atoms with Gasteiger partial charge >= 0.3 is 0 Å². The quantitative estimate of drug-likeness (QED) is 0.641. The Balaban J connectivity index is 2.29. The molecular weight excluding hydrogens is 223 g/mol. The number of hydrogen-bond acceptors (Lipinski definition) is 0. The van der Waals surface area contributed by atoms with Crippen molar-refractivity contribution < 1.29 is 4.39 Å². The topological polar surface area (TPSA) is 0 Å². The van der Waals surface area contributed by atoms with E-state index in [2.05, 4.69) is 19.9 Å². The van der Waals surface area contributed by atoms with Crippen molar-refractivity contribution in [1.29, 1.82) is 0 Å². The Kier molecular flexibility index (Phi) is 3.07. The van der Waals surface area contributed by atoms with Gasteiger partial charge in [0.2, 0.25) is 0 Å². The zero-order valence-corrected chi connectivity index (χ0v) is 10.4. The van der Waals surface area contributed by atoms with Gasteiger partial charge in [-0.2, -0.15) is 0 Å². The van der Waals surface area contributed by atoms with Gasteiger partial charge in [0.1, 0.15) is 5.82 Å². The van der Waals surface area contributed by atoms with Crippen LogP contribution in [-0.2, 0) is 0 Å². The van der Waals surface area contributed by atoms with Crippen LogP contribution in [-0.4, -0.2) is 0 Å². The Labute approximate surface area is 101 Å². The van der Waals surface area contributed by atoms with Gasteiger partial charge in [-0.15, -0.1) is 0 Å². The van der Waals surface area contributed by atoms with Crippen LogP contribution < -0.4 is 0 Å². The average Bonchev–Trinajstić information content (AvgIpc) is 2.15. The van der Waals surface area contributed by atoms with E-state index in [1.54, 1.807) is 6.07 Å². The van der Waals surface area contributed by atoms with Gasteiger partial charge in [-0.1, -0.05) is 31.5 Å². The average molecular weight is 239 g/mol. The molecule has 0 unspecified atom stereocenters. The Hall–Kier alpha value is -0.820. The molecule has 0 heterocycles. The number of allylic oxidation sites excluding steroid dienone is 2. The molecule has 1 aromatic rings. The summed E-state index contributed by atoms with van der Waals surface area (Å²) in [5.74, 6) is -0.256. The predicted molar refractivity (Wildman–Crippen MR) is 67.0 cm³/mol. The molecule has 0 radical (unpaired) electrons. The smallest absolute Gasteiger partial charge is 0.125 e. The van der Waals surface area contributed by atoms with Crippen LogP contribution in [0, 0.1) is 11.2 Å². The van der Waals surface area contributed by atoms with Crippen molar-refractivity contribution in [2.75, 3.05) is 0 Å². The van der Waals surface area contributed by atoms with Crippen molar-refractivity contribution in [2.24, 2.45) is 5.41 Å². The van der Waals surface area contributed by atoms with Gasteiger partial charge in [-0.05, 0) is 54.0 Å². The van der Waals surface area contributed by atoms with Crippen molar-refractivity contribution in [3.05, 3.63) is 40.7 Å². The van der Waals surface area contributed by atoms with Crippen LogP contribution in [0.2, 0.25) is 5.02 Å². The molecule has 0 amide bonds. The molecule has 0 N–H and O–H groups in total. The zero-order valence-electron chi connectivity index (χ0n) is 9.69. The van der Waals surface area contributed by atoms with E-state index in [1.807, 2.05) is 6.07 Å². The van der Waals surface area contributed by atoms with E-state index in [1.165, 1.54) is 11.6 Å². The van der Waals surface area contributed by atoms with Crippen LogP contribution in [0.5, 0.6) is 0 Å². The van der Waals surface area contributed by atoms with E-state index < -0.39 is 0 Å². The summed E-state index contributed by atoms with van der Waals surface area (Å²) in [5.41, 5.74) is 2.53. The van der Waals surface area contributed by atoms with Gasteiger partial charge in [0.15, 0.2) is 0 Å². The number of benzene rings is 1. The molecule has 0 nitrogen and oxygen atoms in total. The minimum Gasteiger partial charge on any atom is -0.207 e. The third-order valence-electron chi connectivity index (χ3n) is 3.21. The van der Waals surface area contributed by atoms with Gasteiger partial charge in [-0.3, -0.25) is 0 Å². The third-order valence-corrected chi connectivity index (χ3v) is 3.42. The Morgan fingerprint density at radius 3 is 2.56 bits per heavy atom. The second kappa shape index (κ2) is 4.21. The molecule has 0 bridgehead atoms. The Morgan fingerprint density at radius 1 is 1.25 bits per heavy atom. The molecule has 0 atom stereocenters. The van der Waals surface area contributed by atoms with E-state index in [0.29, 0.717) is 10.4 Å². The molecule has 0 saturated heterocycles. The molecule has 1 aromatic carbocycles. The van der Waals surface area contributed by atoms with Crippen LogP contribution in [0.3, 0.4) is 0 Å². The van der Waals surface area contributed by atoms with Gasteiger partial charge < -0.3 is 0 Å². The van der Waals surface area contributed by atoms with Crippen LogP contribution in [0.1, 0.15) is 38.7 Å². The fourth-order valence-corrected chi connectivity index (χ4v) is 2.30. The van der Waals surface area contributed by atoms with Crippen LogP contribution >= 0.6 is 11.6 Å². The molecule has 1 aliphatic rings. The van der Waals surface area contributed by atoms with Gasteiger partial charge in [0.25, 0.3) is 0 Å². The maximum absolute atomic E-state index is 13.2. The second-order valence-electron chi connectivity index (χ2n) is 5.26. The molecule has 0 saturated carbocycles. The normalized spacial score (nSPS) is 19.4. The van der Waals surface area contributed by atoms with Crippen molar-refractivity contribution in [1.82, 2.24) is 0 Å². The first-order chi connectivity index (χ1) is 7.46. The lowest BCUT2D eigenvalue weighted by Crippen LogP contribution is -2.14. The van der Waals surface area contributed by atoms with Crippen molar-refractivity contribution in [3.8, 4) is 0 Å². The van der Waals surface area contributed by atoms with E-state index >= 15 is 0 Å². The number of rotatable bonds is 1. The molecule has 2 rings (SSSR count). The first-order valence-corrected chi connectivity index (χ1v) is 6.00. The van der Waals surface area contributed by atoms with Gasteiger partial charge in [0.05, 0.1) is 0 Å². The molecular formula is C14H16ClF. The van der Waals surface area contributed by atoms with Crippen molar-refractivity contribution in [3.63, 3.8) is 0 Å². The highest BCUT2D eigenvalue weighted by molar-refractivity contribution is 6.30. The molecule has 0 aromatic heterocycles. The first kappa shape index (κ1) is 11.7. The van der Waals surface area contributed by atoms with Crippen molar-refractivity contribution in [2.45, 2.75) is 33.1 Å². The summed E-state index contributed by atoms with van der Waals surface area (Å²) in [7, 11) is 0. The minimum absolute atomic E-state index is 0.256. The van der Waals surface area contributed by atoms with Crippen molar-refractivity contribution >= 4 is 17.2 Å². The SMILES string of the molecule is CC1(C)CC=C(c2cc(F)cc(Cl)c2)CC1. The zero-order chi connectivity index (χ0) is 11.8.